The van der Waals surface area contributed by atoms with Crippen molar-refractivity contribution in [1.82, 2.24) is 9.78 Å². The quantitative estimate of drug-likeness (QED) is 0.769. The monoisotopic (exact) mass is 256 g/mol. The average molecular weight is 256 g/mol. The molecule has 1 unspecified atom stereocenters. The van der Waals surface area contributed by atoms with Crippen LogP contribution in [0, 0.1) is 5.92 Å². The number of benzene rings is 1. The van der Waals surface area contributed by atoms with Crippen LogP contribution in [-0.4, -0.2) is 16.1 Å². The zero-order valence-electron chi connectivity index (χ0n) is 11.6. The first-order chi connectivity index (χ1) is 9.22. The number of carbonyl (C=O) groups excluding carboxylic acids is 1. The summed E-state index contributed by atoms with van der Waals surface area (Å²) in [5.74, 6) is 0.763. The molecule has 1 fully saturated rings. The lowest BCUT2D eigenvalue weighted by Crippen LogP contribution is -2.02. The number of fused-ring (bicyclic) bond motifs is 1. The third kappa shape index (κ3) is 2.29. The zero-order chi connectivity index (χ0) is 13.4. The molecular weight excluding hydrogens is 236 g/mol. The molecule has 0 aliphatic heterocycles. The molecule has 0 bridgehead atoms. The normalized spacial score (nSPS) is 16.7. The van der Waals surface area contributed by atoms with E-state index in [9.17, 15) is 4.79 Å². The minimum absolute atomic E-state index is 0.0428. The van der Waals surface area contributed by atoms with Crippen LogP contribution in [-0.2, 0) is 17.8 Å². The Kier molecular flexibility index (Phi) is 3.13. The highest BCUT2D eigenvalue weighted by molar-refractivity contribution is 5.83. The van der Waals surface area contributed by atoms with Gasteiger partial charge in [0, 0.05) is 17.8 Å². The number of rotatable bonds is 5. The summed E-state index contributed by atoms with van der Waals surface area (Å²) in [6.07, 6.45) is 4.61. The van der Waals surface area contributed by atoms with Gasteiger partial charge >= 0.3 is 0 Å². The Bertz CT molecular complexity index is 610. The second kappa shape index (κ2) is 4.80. The largest absolute Gasteiger partial charge is 0.303 e. The molecule has 3 heteroatoms. The highest BCUT2D eigenvalue weighted by atomic mass is 16.1. The van der Waals surface area contributed by atoms with Gasteiger partial charge in [0.05, 0.1) is 11.2 Å². The van der Waals surface area contributed by atoms with Crippen LogP contribution < -0.4 is 0 Å². The van der Waals surface area contributed by atoms with E-state index in [1.165, 1.54) is 29.4 Å². The minimum atomic E-state index is -0.0428. The Hall–Kier alpha value is -1.64. The highest BCUT2D eigenvalue weighted by Gasteiger charge is 2.23. The molecule has 100 valence electrons. The number of nitrogens with zero attached hydrogens (tertiary/aromatic N) is 2. The smallest absolute Gasteiger partial charge is 0.127 e. The van der Waals surface area contributed by atoms with Crippen molar-refractivity contribution in [2.75, 3.05) is 0 Å². The average Bonchev–Trinajstić information content (AvgIpc) is 3.19. The van der Waals surface area contributed by atoms with Crippen molar-refractivity contribution in [3.8, 4) is 0 Å². The summed E-state index contributed by atoms with van der Waals surface area (Å²) in [5, 5.41) is 5.98. The Morgan fingerprint density at radius 2 is 2.26 bits per heavy atom. The van der Waals surface area contributed by atoms with E-state index in [-0.39, 0.29) is 5.92 Å². The van der Waals surface area contributed by atoms with Crippen LogP contribution in [0.1, 0.15) is 43.9 Å². The van der Waals surface area contributed by atoms with Gasteiger partial charge in [0.1, 0.15) is 6.29 Å². The van der Waals surface area contributed by atoms with Gasteiger partial charge in [-0.15, -0.1) is 0 Å². The summed E-state index contributed by atoms with van der Waals surface area (Å²) in [5.41, 5.74) is 3.44. The van der Waals surface area contributed by atoms with Crippen molar-refractivity contribution in [3.63, 3.8) is 0 Å². The maximum atomic E-state index is 11.0. The molecule has 1 aromatic heterocycles. The van der Waals surface area contributed by atoms with E-state index < -0.39 is 0 Å². The first kappa shape index (κ1) is 12.4. The number of aryl methyl sites for hydroxylation is 1. The Balaban J connectivity index is 2.09. The number of aromatic nitrogens is 2. The minimum Gasteiger partial charge on any atom is -0.303 e. The van der Waals surface area contributed by atoms with Crippen LogP contribution in [0.15, 0.2) is 18.2 Å². The molecule has 1 aromatic carbocycles. The van der Waals surface area contributed by atoms with E-state index in [1.807, 2.05) is 6.92 Å². The van der Waals surface area contributed by atoms with E-state index in [0.717, 1.165) is 30.7 Å². The second-order valence-corrected chi connectivity index (χ2v) is 5.63. The van der Waals surface area contributed by atoms with Crippen molar-refractivity contribution in [2.24, 2.45) is 5.92 Å². The van der Waals surface area contributed by atoms with Crippen LogP contribution in [0.2, 0.25) is 0 Å². The van der Waals surface area contributed by atoms with Gasteiger partial charge in [-0.3, -0.25) is 4.68 Å². The SMILES string of the molecule is CCc1nn(CC2CC2)c2cc(C(C)C=O)ccc12. The van der Waals surface area contributed by atoms with Crippen molar-refractivity contribution in [3.05, 3.63) is 29.5 Å². The summed E-state index contributed by atoms with van der Waals surface area (Å²) in [7, 11) is 0. The van der Waals surface area contributed by atoms with Crippen LogP contribution >= 0.6 is 0 Å². The molecule has 19 heavy (non-hydrogen) atoms. The van der Waals surface area contributed by atoms with Crippen molar-refractivity contribution in [1.29, 1.82) is 0 Å². The lowest BCUT2D eigenvalue weighted by atomic mass is 10.0. The molecule has 1 aliphatic rings. The van der Waals surface area contributed by atoms with E-state index in [0.29, 0.717) is 0 Å². The predicted molar refractivity (Wildman–Crippen MR) is 76.3 cm³/mol. The summed E-state index contributed by atoms with van der Waals surface area (Å²) < 4.78 is 2.15. The van der Waals surface area contributed by atoms with E-state index in [1.54, 1.807) is 0 Å². The van der Waals surface area contributed by atoms with Gasteiger partial charge in [0.25, 0.3) is 0 Å². The molecular formula is C16H20N2O. The lowest BCUT2D eigenvalue weighted by Gasteiger charge is -2.06. The lowest BCUT2D eigenvalue weighted by molar-refractivity contribution is -0.108. The van der Waals surface area contributed by atoms with Crippen LogP contribution in [0.4, 0.5) is 0 Å². The molecule has 0 spiro atoms. The number of aldehydes is 1. The first-order valence-corrected chi connectivity index (χ1v) is 7.17. The van der Waals surface area contributed by atoms with Crippen molar-refractivity contribution >= 4 is 17.2 Å². The second-order valence-electron chi connectivity index (χ2n) is 5.63. The summed E-state index contributed by atoms with van der Waals surface area (Å²) >= 11 is 0. The van der Waals surface area contributed by atoms with E-state index in [2.05, 4.69) is 29.8 Å². The van der Waals surface area contributed by atoms with Gasteiger partial charge in [-0.1, -0.05) is 26.0 Å². The molecule has 1 heterocycles. The Labute approximate surface area is 113 Å². The summed E-state index contributed by atoms with van der Waals surface area (Å²) in [6, 6.07) is 6.33. The van der Waals surface area contributed by atoms with Crippen molar-refractivity contribution in [2.45, 2.75) is 45.6 Å². The molecule has 1 aliphatic carbocycles. The molecule has 0 amide bonds. The third-order valence-electron chi connectivity index (χ3n) is 4.05. The van der Waals surface area contributed by atoms with Gasteiger partial charge < -0.3 is 4.79 Å². The third-order valence-corrected chi connectivity index (χ3v) is 4.05. The molecule has 1 saturated carbocycles. The summed E-state index contributed by atoms with van der Waals surface area (Å²) in [4.78, 5) is 11.0. The van der Waals surface area contributed by atoms with Crippen LogP contribution in [0.25, 0.3) is 10.9 Å². The Morgan fingerprint density at radius 3 is 2.89 bits per heavy atom. The number of hydrogen-bond acceptors (Lipinski definition) is 2. The zero-order valence-corrected chi connectivity index (χ0v) is 11.6. The molecule has 0 saturated heterocycles. The molecule has 0 radical (unpaired) electrons. The Morgan fingerprint density at radius 1 is 1.47 bits per heavy atom. The molecule has 3 nitrogen and oxygen atoms in total. The fourth-order valence-electron chi connectivity index (χ4n) is 2.57. The topological polar surface area (TPSA) is 34.9 Å². The highest BCUT2D eigenvalue weighted by Crippen LogP contribution is 2.32. The van der Waals surface area contributed by atoms with E-state index in [4.69, 9.17) is 5.10 Å². The molecule has 2 aromatic rings. The maximum absolute atomic E-state index is 11.0. The van der Waals surface area contributed by atoms with E-state index >= 15 is 0 Å². The van der Waals surface area contributed by atoms with Gasteiger partial charge in [0.2, 0.25) is 0 Å². The molecule has 1 atom stereocenters. The molecule has 0 N–H and O–H groups in total. The first-order valence-electron chi connectivity index (χ1n) is 7.17. The maximum Gasteiger partial charge on any atom is 0.127 e. The van der Waals surface area contributed by atoms with Gasteiger partial charge in [-0.05, 0) is 36.8 Å². The van der Waals surface area contributed by atoms with Gasteiger partial charge in [0.15, 0.2) is 0 Å². The molecule has 3 rings (SSSR count). The summed E-state index contributed by atoms with van der Waals surface area (Å²) in [6.45, 7) is 5.11. The standard InChI is InChI=1S/C16H20N2O/c1-3-15-14-7-6-13(11(2)10-19)8-16(14)18(17-15)9-12-4-5-12/h6-8,10-12H,3-5,9H2,1-2H3. The van der Waals surface area contributed by atoms with Gasteiger partial charge in [-0.25, -0.2) is 0 Å². The van der Waals surface area contributed by atoms with Gasteiger partial charge in [-0.2, -0.15) is 5.10 Å². The number of carbonyl (C=O) groups is 1. The number of hydrogen-bond donors (Lipinski definition) is 0. The fraction of sp³-hybridized carbons (Fsp3) is 0.500. The van der Waals surface area contributed by atoms with Crippen LogP contribution in [0.3, 0.4) is 0 Å². The predicted octanol–water partition coefficient (Wildman–Crippen LogP) is 3.31. The van der Waals surface area contributed by atoms with Crippen molar-refractivity contribution < 1.29 is 4.79 Å². The fourth-order valence-corrected chi connectivity index (χ4v) is 2.57. The van der Waals surface area contributed by atoms with Crippen LogP contribution in [0.5, 0.6) is 0 Å².